The van der Waals surface area contributed by atoms with Crippen LogP contribution in [0.5, 0.6) is 5.75 Å². The lowest BCUT2D eigenvalue weighted by atomic mass is 10.0. The molecule has 0 bridgehead atoms. The van der Waals surface area contributed by atoms with Crippen LogP contribution in [0.25, 0.3) is 0 Å². The van der Waals surface area contributed by atoms with Crippen molar-refractivity contribution >= 4 is 17.4 Å². The van der Waals surface area contributed by atoms with Crippen LogP contribution in [0, 0.1) is 6.92 Å². The van der Waals surface area contributed by atoms with Crippen molar-refractivity contribution in [2.45, 2.75) is 6.92 Å². The fourth-order valence-electron chi connectivity index (χ4n) is 2.75. The molecule has 0 saturated carbocycles. The molecule has 0 aromatic heterocycles. The van der Waals surface area contributed by atoms with Crippen LogP contribution in [-0.2, 0) is 0 Å². The van der Waals surface area contributed by atoms with Gasteiger partial charge in [-0.05, 0) is 42.8 Å². The monoisotopic (exact) mass is 345 g/mol. The summed E-state index contributed by atoms with van der Waals surface area (Å²) in [6.45, 7) is 1.88. The van der Waals surface area contributed by atoms with E-state index in [9.17, 15) is 9.59 Å². The molecule has 1 amide bonds. The molecule has 130 valence electrons. The van der Waals surface area contributed by atoms with Crippen molar-refractivity contribution < 1.29 is 14.3 Å². The highest BCUT2D eigenvalue weighted by Crippen LogP contribution is 2.22. The molecule has 4 heteroatoms. The van der Waals surface area contributed by atoms with Crippen molar-refractivity contribution in [2.75, 3.05) is 12.4 Å². The topological polar surface area (TPSA) is 55.4 Å². The highest BCUT2D eigenvalue weighted by molar-refractivity contribution is 6.15. The molecule has 0 aliphatic carbocycles. The third-order valence-electron chi connectivity index (χ3n) is 4.11. The van der Waals surface area contributed by atoms with E-state index in [1.54, 1.807) is 61.7 Å². The molecule has 0 saturated heterocycles. The van der Waals surface area contributed by atoms with Gasteiger partial charge in [0.1, 0.15) is 5.75 Å². The molecule has 1 N–H and O–H groups in total. The minimum atomic E-state index is -0.274. The Morgan fingerprint density at radius 2 is 1.54 bits per heavy atom. The Morgan fingerprint density at radius 3 is 2.23 bits per heavy atom. The molecule has 0 atom stereocenters. The second-order valence-corrected chi connectivity index (χ2v) is 5.88. The molecule has 0 spiro atoms. The predicted octanol–water partition coefficient (Wildman–Crippen LogP) is 4.49. The number of carbonyl (C=O) groups excluding carboxylic acids is 2. The van der Waals surface area contributed by atoms with Crippen LogP contribution < -0.4 is 10.1 Å². The van der Waals surface area contributed by atoms with E-state index < -0.39 is 0 Å². The van der Waals surface area contributed by atoms with Crippen LogP contribution >= 0.6 is 0 Å². The minimum absolute atomic E-state index is 0.132. The smallest absolute Gasteiger partial charge is 0.255 e. The second-order valence-electron chi connectivity index (χ2n) is 5.88. The summed E-state index contributed by atoms with van der Waals surface area (Å²) < 4.78 is 5.22. The number of nitrogens with one attached hydrogen (secondary N) is 1. The van der Waals surface area contributed by atoms with Crippen LogP contribution in [0.3, 0.4) is 0 Å². The molecule has 0 aliphatic rings. The average molecular weight is 345 g/mol. The maximum absolute atomic E-state index is 12.8. The van der Waals surface area contributed by atoms with Gasteiger partial charge in [-0.25, -0.2) is 0 Å². The quantitative estimate of drug-likeness (QED) is 0.693. The van der Waals surface area contributed by atoms with Gasteiger partial charge in [-0.3, -0.25) is 9.59 Å². The number of carbonyl (C=O) groups is 2. The van der Waals surface area contributed by atoms with Crippen LogP contribution in [0.2, 0.25) is 0 Å². The first kappa shape index (κ1) is 17.4. The van der Waals surface area contributed by atoms with Gasteiger partial charge in [0.25, 0.3) is 5.91 Å². The van der Waals surface area contributed by atoms with Crippen molar-refractivity contribution in [3.8, 4) is 5.75 Å². The fraction of sp³-hybridized carbons (Fsp3) is 0.0909. The summed E-state index contributed by atoms with van der Waals surface area (Å²) in [5.41, 5.74) is 2.89. The Labute approximate surface area is 152 Å². The van der Waals surface area contributed by atoms with E-state index in [4.69, 9.17) is 4.74 Å². The van der Waals surface area contributed by atoms with E-state index >= 15 is 0 Å². The van der Waals surface area contributed by atoms with Gasteiger partial charge >= 0.3 is 0 Å². The standard InChI is InChI=1S/C22H19NO3/c1-15-14-17(12-13-20(15)26-2)22(25)23-19-11-7-6-10-18(19)21(24)16-8-4-3-5-9-16/h3-14H,1-2H3,(H,23,25). The largest absolute Gasteiger partial charge is 0.496 e. The van der Waals surface area contributed by atoms with Crippen molar-refractivity contribution in [3.63, 3.8) is 0 Å². The van der Waals surface area contributed by atoms with Gasteiger partial charge in [0.05, 0.1) is 12.8 Å². The maximum Gasteiger partial charge on any atom is 0.255 e. The first-order chi connectivity index (χ1) is 12.6. The normalized spacial score (nSPS) is 10.2. The molecule has 0 unspecified atom stereocenters. The van der Waals surface area contributed by atoms with Gasteiger partial charge in [-0.15, -0.1) is 0 Å². The van der Waals surface area contributed by atoms with Gasteiger partial charge < -0.3 is 10.1 Å². The summed E-state index contributed by atoms with van der Waals surface area (Å²) in [4.78, 5) is 25.4. The van der Waals surface area contributed by atoms with E-state index in [1.165, 1.54) is 0 Å². The highest BCUT2D eigenvalue weighted by Gasteiger charge is 2.16. The number of amides is 1. The van der Waals surface area contributed by atoms with Gasteiger partial charge in [0, 0.05) is 16.7 Å². The molecule has 3 rings (SSSR count). The first-order valence-electron chi connectivity index (χ1n) is 8.25. The fourth-order valence-corrected chi connectivity index (χ4v) is 2.75. The van der Waals surface area contributed by atoms with Crippen LogP contribution in [0.1, 0.15) is 31.8 Å². The van der Waals surface area contributed by atoms with E-state index in [1.807, 2.05) is 25.1 Å². The number of hydrogen-bond donors (Lipinski definition) is 1. The number of ether oxygens (including phenoxy) is 1. The van der Waals surface area contributed by atoms with E-state index in [0.717, 1.165) is 11.3 Å². The van der Waals surface area contributed by atoms with Gasteiger partial charge in [-0.1, -0.05) is 42.5 Å². The number of aryl methyl sites for hydroxylation is 1. The lowest BCUT2D eigenvalue weighted by Gasteiger charge is -2.12. The molecular weight excluding hydrogens is 326 g/mol. The second kappa shape index (κ2) is 7.66. The first-order valence-corrected chi connectivity index (χ1v) is 8.25. The Balaban J connectivity index is 1.88. The van der Waals surface area contributed by atoms with E-state index in [-0.39, 0.29) is 11.7 Å². The lowest BCUT2D eigenvalue weighted by molar-refractivity contribution is 0.102. The zero-order valence-corrected chi connectivity index (χ0v) is 14.7. The Hall–Kier alpha value is -3.40. The molecule has 0 heterocycles. The van der Waals surface area contributed by atoms with Gasteiger partial charge in [0.2, 0.25) is 0 Å². The number of anilines is 1. The maximum atomic E-state index is 12.8. The summed E-state index contributed by atoms with van der Waals surface area (Å²) in [6, 6.07) is 21.2. The molecule has 0 aliphatic heterocycles. The van der Waals surface area contributed by atoms with Gasteiger partial charge in [-0.2, -0.15) is 0 Å². The zero-order valence-electron chi connectivity index (χ0n) is 14.7. The Morgan fingerprint density at radius 1 is 0.846 bits per heavy atom. The molecule has 3 aromatic rings. The summed E-state index contributed by atoms with van der Waals surface area (Å²) in [5, 5.41) is 2.84. The van der Waals surface area contributed by atoms with Crippen LogP contribution in [0.4, 0.5) is 5.69 Å². The minimum Gasteiger partial charge on any atom is -0.496 e. The molecule has 26 heavy (non-hydrogen) atoms. The third kappa shape index (κ3) is 3.64. The number of benzene rings is 3. The van der Waals surface area contributed by atoms with Crippen molar-refractivity contribution in [1.29, 1.82) is 0 Å². The van der Waals surface area contributed by atoms with Crippen LogP contribution in [0.15, 0.2) is 72.8 Å². The third-order valence-corrected chi connectivity index (χ3v) is 4.11. The average Bonchev–Trinajstić information content (AvgIpc) is 2.68. The molecule has 3 aromatic carbocycles. The molecule has 4 nitrogen and oxygen atoms in total. The van der Waals surface area contributed by atoms with Gasteiger partial charge in [0.15, 0.2) is 5.78 Å². The summed E-state index contributed by atoms with van der Waals surface area (Å²) >= 11 is 0. The SMILES string of the molecule is COc1ccc(C(=O)Nc2ccccc2C(=O)c2ccccc2)cc1C. The zero-order chi connectivity index (χ0) is 18.5. The Kier molecular flexibility index (Phi) is 5.13. The summed E-state index contributed by atoms with van der Waals surface area (Å²) in [6.07, 6.45) is 0. The number of ketones is 1. The number of rotatable bonds is 5. The van der Waals surface area contributed by atoms with Crippen molar-refractivity contribution in [2.24, 2.45) is 0 Å². The lowest BCUT2D eigenvalue weighted by Crippen LogP contribution is -2.15. The number of hydrogen-bond acceptors (Lipinski definition) is 3. The predicted molar refractivity (Wildman–Crippen MR) is 102 cm³/mol. The summed E-state index contributed by atoms with van der Waals surface area (Å²) in [5.74, 6) is 0.317. The van der Waals surface area contributed by atoms with Crippen molar-refractivity contribution in [3.05, 3.63) is 95.1 Å². The molecular formula is C22H19NO3. The number of methoxy groups -OCH3 is 1. The van der Waals surface area contributed by atoms with Crippen molar-refractivity contribution in [1.82, 2.24) is 0 Å². The summed E-state index contributed by atoms with van der Waals surface area (Å²) in [7, 11) is 1.59. The van der Waals surface area contributed by atoms with E-state index in [2.05, 4.69) is 5.32 Å². The number of para-hydroxylation sites is 1. The van der Waals surface area contributed by atoms with Crippen LogP contribution in [-0.4, -0.2) is 18.8 Å². The molecule has 0 radical (unpaired) electrons. The molecule has 0 fully saturated rings. The highest BCUT2D eigenvalue weighted by atomic mass is 16.5. The van der Waals surface area contributed by atoms with E-state index in [0.29, 0.717) is 22.4 Å². The Bertz CT molecular complexity index is 949.